The molecule has 3 aromatic rings. The van der Waals surface area contributed by atoms with Gasteiger partial charge in [0.1, 0.15) is 0 Å². The van der Waals surface area contributed by atoms with Crippen molar-refractivity contribution in [3.05, 3.63) is 87.2 Å². The number of hydrogen-bond acceptors (Lipinski definition) is 3. The Hall–Kier alpha value is -2.60. The molecule has 0 spiro atoms. The van der Waals surface area contributed by atoms with E-state index in [1.54, 1.807) is 18.3 Å². The quantitative estimate of drug-likeness (QED) is 0.430. The lowest BCUT2D eigenvalue weighted by Crippen LogP contribution is -2.26. The smallest absolute Gasteiger partial charge is 0.273 e. The number of aromatic nitrogens is 1. The monoisotopic (exact) mass is 429 g/mol. The molecule has 0 saturated carbocycles. The third kappa shape index (κ3) is 4.70. The van der Waals surface area contributed by atoms with E-state index in [1.807, 2.05) is 60.9 Å². The molecule has 0 fully saturated rings. The standard InChI is InChI=1S/C22H21Cl2N3O2/c1-14-11-17(15(2)27(14)20-12-18(23)9-10-19(20)24)13-25-26-22(28)21(29-3)16-7-5-4-6-8-16/h4-13,21H,1-3H3,(H,26,28). The van der Waals surface area contributed by atoms with Crippen LogP contribution in [-0.4, -0.2) is 23.8 Å². The fourth-order valence-corrected chi connectivity index (χ4v) is 3.56. The highest BCUT2D eigenvalue weighted by Crippen LogP contribution is 2.28. The average molecular weight is 430 g/mol. The maximum atomic E-state index is 12.4. The van der Waals surface area contributed by atoms with E-state index in [9.17, 15) is 4.79 Å². The second-order valence-corrected chi connectivity index (χ2v) is 7.36. The van der Waals surface area contributed by atoms with Crippen molar-refractivity contribution in [2.45, 2.75) is 20.0 Å². The van der Waals surface area contributed by atoms with Gasteiger partial charge in [0.05, 0.1) is 16.9 Å². The predicted octanol–water partition coefficient (Wildman–Crippen LogP) is 5.24. The van der Waals surface area contributed by atoms with Crippen LogP contribution in [0.2, 0.25) is 10.0 Å². The van der Waals surface area contributed by atoms with Crippen LogP contribution in [0.3, 0.4) is 0 Å². The van der Waals surface area contributed by atoms with Gasteiger partial charge in [-0.15, -0.1) is 0 Å². The number of nitrogens with one attached hydrogen (secondary N) is 1. The van der Waals surface area contributed by atoms with Crippen molar-refractivity contribution in [1.29, 1.82) is 0 Å². The van der Waals surface area contributed by atoms with Crippen molar-refractivity contribution in [2.75, 3.05) is 7.11 Å². The highest BCUT2D eigenvalue weighted by atomic mass is 35.5. The first-order chi connectivity index (χ1) is 13.9. The number of benzene rings is 2. The van der Waals surface area contributed by atoms with Crippen LogP contribution in [0.4, 0.5) is 0 Å². The van der Waals surface area contributed by atoms with E-state index in [2.05, 4.69) is 10.5 Å². The van der Waals surface area contributed by atoms with Crippen molar-refractivity contribution < 1.29 is 9.53 Å². The first-order valence-corrected chi connectivity index (χ1v) is 9.73. The lowest BCUT2D eigenvalue weighted by molar-refractivity contribution is -0.131. The van der Waals surface area contributed by atoms with Gasteiger partial charge in [0.2, 0.25) is 0 Å². The van der Waals surface area contributed by atoms with Crippen LogP contribution in [0.25, 0.3) is 5.69 Å². The molecule has 1 atom stereocenters. The van der Waals surface area contributed by atoms with Gasteiger partial charge in [-0.1, -0.05) is 53.5 Å². The molecule has 5 nitrogen and oxygen atoms in total. The maximum absolute atomic E-state index is 12.4. The summed E-state index contributed by atoms with van der Waals surface area (Å²) in [7, 11) is 1.49. The number of nitrogens with zero attached hydrogens (tertiary/aromatic N) is 2. The van der Waals surface area contributed by atoms with Crippen molar-refractivity contribution in [3.8, 4) is 5.69 Å². The maximum Gasteiger partial charge on any atom is 0.273 e. The SMILES string of the molecule is COC(C(=O)NN=Cc1cc(C)n(-c2cc(Cl)ccc2Cl)c1C)c1ccccc1. The molecule has 0 aliphatic rings. The zero-order valence-corrected chi connectivity index (χ0v) is 17.8. The molecule has 0 aliphatic heterocycles. The van der Waals surface area contributed by atoms with E-state index in [1.165, 1.54) is 7.11 Å². The van der Waals surface area contributed by atoms with Gasteiger partial charge in [0, 0.05) is 29.1 Å². The van der Waals surface area contributed by atoms with Gasteiger partial charge in [-0.3, -0.25) is 4.79 Å². The van der Waals surface area contributed by atoms with E-state index in [0.717, 1.165) is 28.2 Å². The molecule has 1 unspecified atom stereocenters. The van der Waals surface area contributed by atoms with Crippen molar-refractivity contribution in [1.82, 2.24) is 9.99 Å². The number of amides is 1. The van der Waals surface area contributed by atoms with Gasteiger partial charge in [-0.25, -0.2) is 5.43 Å². The first-order valence-electron chi connectivity index (χ1n) is 8.97. The van der Waals surface area contributed by atoms with Gasteiger partial charge >= 0.3 is 0 Å². The summed E-state index contributed by atoms with van der Waals surface area (Å²) in [5.41, 5.74) is 6.85. The summed E-state index contributed by atoms with van der Waals surface area (Å²) in [5.74, 6) is -0.346. The molecule has 7 heteroatoms. The van der Waals surface area contributed by atoms with E-state index < -0.39 is 6.10 Å². The number of ether oxygens (including phenoxy) is 1. The van der Waals surface area contributed by atoms with Gasteiger partial charge in [0.15, 0.2) is 6.10 Å². The predicted molar refractivity (Wildman–Crippen MR) is 117 cm³/mol. The largest absolute Gasteiger partial charge is 0.367 e. The number of rotatable bonds is 6. The Labute approximate surface area is 179 Å². The Kier molecular flexibility index (Phi) is 6.75. The summed E-state index contributed by atoms with van der Waals surface area (Å²) in [6.45, 7) is 3.92. The van der Waals surface area contributed by atoms with Crippen molar-refractivity contribution in [3.63, 3.8) is 0 Å². The number of carbonyl (C=O) groups excluding carboxylic acids is 1. The molecule has 1 aromatic heterocycles. The Bertz CT molecular complexity index is 1050. The molecule has 1 N–H and O–H groups in total. The molecule has 0 saturated heterocycles. The molecule has 0 bridgehead atoms. The highest BCUT2D eigenvalue weighted by Gasteiger charge is 2.19. The fraction of sp³-hybridized carbons (Fsp3) is 0.182. The van der Waals surface area contributed by atoms with Crippen LogP contribution in [0.15, 0.2) is 59.7 Å². The third-order valence-corrected chi connectivity index (χ3v) is 5.13. The summed E-state index contributed by atoms with van der Waals surface area (Å²) in [6.07, 6.45) is 0.874. The Morgan fingerprint density at radius 2 is 1.86 bits per heavy atom. The second kappa shape index (κ2) is 9.27. The Balaban J connectivity index is 1.80. The molecule has 1 heterocycles. The lowest BCUT2D eigenvalue weighted by Gasteiger charge is -2.13. The summed E-state index contributed by atoms with van der Waals surface area (Å²) in [6, 6.07) is 16.6. The summed E-state index contributed by atoms with van der Waals surface area (Å²) < 4.78 is 7.31. The molecule has 0 aliphatic carbocycles. The number of aryl methyl sites for hydroxylation is 1. The minimum absolute atomic E-state index is 0.346. The highest BCUT2D eigenvalue weighted by molar-refractivity contribution is 6.34. The first kappa shape index (κ1) is 21.1. The van der Waals surface area contributed by atoms with Gasteiger partial charge < -0.3 is 9.30 Å². The van der Waals surface area contributed by atoms with E-state index in [4.69, 9.17) is 27.9 Å². The minimum atomic E-state index is -0.731. The van der Waals surface area contributed by atoms with Crippen LogP contribution in [0.5, 0.6) is 0 Å². The Morgan fingerprint density at radius 3 is 2.55 bits per heavy atom. The van der Waals surface area contributed by atoms with Crippen LogP contribution >= 0.6 is 23.2 Å². The molecule has 0 radical (unpaired) electrons. The number of carbonyl (C=O) groups is 1. The summed E-state index contributed by atoms with van der Waals surface area (Å²) in [5, 5.41) is 5.31. The number of methoxy groups -OCH3 is 1. The van der Waals surface area contributed by atoms with Crippen LogP contribution in [-0.2, 0) is 9.53 Å². The third-order valence-electron chi connectivity index (χ3n) is 4.57. The van der Waals surface area contributed by atoms with Gasteiger partial charge in [-0.05, 0) is 43.7 Å². The normalized spacial score (nSPS) is 12.3. The number of halogens is 2. The van der Waals surface area contributed by atoms with Crippen LogP contribution in [0, 0.1) is 13.8 Å². The van der Waals surface area contributed by atoms with E-state index in [0.29, 0.717) is 10.0 Å². The second-order valence-electron chi connectivity index (χ2n) is 6.52. The van der Waals surface area contributed by atoms with Crippen molar-refractivity contribution in [2.24, 2.45) is 5.10 Å². The molecule has 2 aromatic carbocycles. The van der Waals surface area contributed by atoms with Gasteiger partial charge in [-0.2, -0.15) is 5.10 Å². The lowest BCUT2D eigenvalue weighted by atomic mass is 10.1. The zero-order valence-electron chi connectivity index (χ0n) is 16.3. The molecular formula is C22H21Cl2N3O2. The molecule has 29 heavy (non-hydrogen) atoms. The zero-order chi connectivity index (χ0) is 21.0. The van der Waals surface area contributed by atoms with Gasteiger partial charge in [0.25, 0.3) is 5.91 Å². The molecule has 3 rings (SSSR count). The fourth-order valence-electron chi connectivity index (χ4n) is 3.19. The number of hydrazone groups is 1. The average Bonchev–Trinajstić information content (AvgIpc) is 2.98. The topological polar surface area (TPSA) is 55.6 Å². The molecule has 150 valence electrons. The number of hydrogen-bond donors (Lipinski definition) is 1. The van der Waals surface area contributed by atoms with Crippen LogP contribution < -0.4 is 5.43 Å². The molecular weight excluding hydrogens is 409 g/mol. The van der Waals surface area contributed by atoms with E-state index in [-0.39, 0.29) is 5.91 Å². The van der Waals surface area contributed by atoms with Crippen LogP contribution in [0.1, 0.15) is 28.6 Å². The molecule has 1 amide bonds. The van der Waals surface area contributed by atoms with Crippen molar-refractivity contribution >= 4 is 35.3 Å². The summed E-state index contributed by atoms with van der Waals surface area (Å²) >= 11 is 12.5. The minimum Gasteiger partial charge on any atom is -0.367 e. The van der Waals surface area contributed by atoms with E-state index >= 15 is 0 Å². The summed E-state index contributed by atoms with van der Waals surface area (Å²) in [4.78, 5) is 12.4. The Morgan fingerprint density at radius 1 is 1.14 bits per heavy atom.